The summed E-state index contributed by atoms with van der Waals surface area (Å²) in [5, 5.41) is 15.4. The van der Waals surface area contributed by atoms with E-state index in [4.69, 9.17) is 0 Å². The zero-order chi connectivity index (χ0) is 58.7. The van der Waals surface area contributed by atoms with Gasteiger partial charge in [-0.05, 0) is 44.4 Å². The quantitative estimate of drug-likeness (QED) is 0.0176. The molecular formula is C50H93N7O18. The predicted octanol–water partition coefficient (Wildman–Crippen LogP) is 5.24. The van der Waals surface area contributed by atoms with Gasteiger partial charge < -0.3 is 65.2 Å². The minimum absolute atomic E-state index is 0.00491. The van der Waals surface area contributed by atoms with Gasteiger partial charge in [0, 0.05) is 84.0 Å². The molecule has 0 radical (unpaired) electrons. The Hall–Kier alpha value is -6.56. The summed E-state index contributed by atoms with van der Waals surface area (Å²) in [6, 6.07) is 0.153. The van der Waals surface area contributed by atoms with Crippen LogP contribution in [0, 0.1) is 17.8 Å². The van der Waals surface area contributed by atoms with Crippen molar-refractivity contribution in [3.8, 4) is 0 Å². The third-order valence-electron chi connectivity index (χ3n) is 10.7. The number of alkyl carbamates (subject to hydrolysis) is 4. The fraction of sp³-hybridized carbons (Fsp3) is 0.760. The summed E-state index contributed by atoms with van der Waals surface area (Å²) >= 11 is 0. The monoisotopic (exact) mass is 1080 g/mol. The number of rotatable bonds is 30. The molecule has 7 amide bonds. The molecular weight excluding hydrogens is 987 g/mol. The van der Waals surface area contributed by atoms with E-state index >= 15 is 0 Å². The number of hydrogen-bond donors (Lipinski definition) is 6. The Labute approximate surface area is 444 Å². The summed E-state index contributed by atoms with van der Waals surface area (Å²) in [6.45, 7) is 17.3. The topological polar surface area (TPSA) is 336 Å². The number of esters is 2. The van der Waals surface area contributed by atoms with E-state index in [-0.39, 0.29) is 104 Å². The number of methoxy groups -OCH3 is 6. The van der Waals surface area contributed by atoms with Crippen molar-refractivity contribution in [2.45, 2.75) is 158 Å². The van der Waals surface area contributed by atoms with Gasteiger partial charge in [0.1, 0.15) is 17.3 Å². The van der Waals surface area contributed by atoms with Crippen LogP contribution in [0.3, 0.4) is 0 Å². The average molecular weight is 1080 g/mol. The Morgan fingerprint density at radius 1 is 0.427 bits per heavy atom. The van der Waals surface area contributed by atoms with Crippen molar-refractivity contribution < 1.29 is 86.0 Å². The number of ether oxygens (including phenoxy) is 6. The Balaban J connectivity index is -0.000000275. The normalized spacial score (nSPS) is 10.5. The van der Waals surface area contributed by atoms with Gasteiger partial charge in [-0.3, -0.25) is 38.4 Å². The molecule has 0 aromatic rings. The van der Waals surface area contributed by atoms with Crippen LogP contribution in [0.5, 0.6) is 0 Å². The first-order valence-corrected chi connectivity index (χ1v) is 25.2. The number of carbonyl (C=O) groups excluding carboxylic acids is 12. The highest BCUT2D eigenvalue weighted by atomic mass is 16.6. The first-order valence-electron chi connectivity index (χ1n) is 25.2. The maximum absolute atomic E-state index is 11.6. The standard InChI is InChI=1S/C12H23NO4.C11H19NO5.C9H17N3O5.C9H18N2O2.C9H16O2/c1-4-10(13-12(15)17-3)8-6-5-7-9-11(14)16-2;1-4-9(13)8(5-6-10(14)16-2)7-12-11(15)17-3;1-4-7(13)12(5-10-8(14)16-2)6-11-9(15)17-3;1-4-9(5-10-7(2)12)6-11-8(3)13;1-4-7(8(10)5-2)9(11)6-3/h10H,4-9H2,1-3H3,(H,13,15);8H,4-7H2,1-3H3,(H,12,15);4-6H2,1-3H3,(H,10,14)(H,11,15);9H,4-6H2,1-3H3,(H,10,12)(H,11,13);7H,4-6H2,1-3H3. The number of nitrogens with one attached hydrogen (secondary N) is 6. The van der Waals surface area contributed by atoms with Crippen LogP contribution in [0.2, 0.25) is 0 Å². The highest BCUT2D eigenvalue weighted by molar-refractivity contribution is 6.02. The Kier molecular flexibility index (Phi) is 53.9. The predicted molar refractivity (Wildman–Crippen MR) is 279 cm³/mol. The third kappa shape index (κ3) is 48.2. The van der Waals surface area contributed by atoms with E-state index in [9.17, 15) is 57.5 Å². The fourth-order valence-electron chi connectivity index (χ4n) is 5.87. The maximum Gasteiger partial charge on any atom is 0.408 e. The van der Waals surface area contributed by atoms with E-state index in [1.807, 2.05) is 20.8 Å². The Bertz CT molecular complexity index is 1540. The minimum Gasteiger partial charge on any atom is -0.469 e. The van der Waals surface area contributed by atoms with E-state index < -0.39 is 18.3 Å². The van der Waals surface area contributed by atoms with Crippen LogP contribution < -0.4 is 31.9 Å². The van der Waals surface area contributed by atoms with Crippen LogP contribution in [0.15, 0.2) is 0 Å². The summed E-state index contributed by atoms with van der Waals surface area (Å²) in [5.41, 5.74) is 0. The number of carbonyl (C=O) groups is 12. The lowest BCUT2D eigenvalue weighted by atomic mass is 9.93. The molecule has 436 valence electrons. The van der Waals surface area contributed by atoms with Crippen LogP contribution in [0.4, 0.5) is 19.2 Å². The van der Waals surface area contributed by atoms with E-state index in [1.165, 1.54) is 61.4 Å². The van der Waals surface area contributed by atoms with Crippen molar-refractivity contribution in [2.24, 2.45) is 17.8 Å². The van der Waals surface area contributed by atoms with Gasteiger partial charge in [-0.1, -0.05) is 61.3 Å². The van der Waals surface area contributed by atoms with Gasteiger partial charge in [0.25, 0.3) is 0 Å². The summed E-state index contributed by atoms with van der Waals surface area (Å²) in [6.07, 6.45) is 6.47. The molecule has 0 bridgehead atoms. The van der Waals surface area contributed by atoms with Gasteiger partial charge in [0.05, 0.1) is 61.9 Å². The number of amides is 7. The van der Waals surface area contributed by atoms with E-state index in [0.29, 0.717) is 57.5 Å². The lowest BCUT2D eigenvalue weighted by Gasteiger charge is -2.22. The molecule has 0 rings (SSSR count). The first-order chi connectivity index (χ1) is 35.4. The number of hydrogen-bond acceptors (Lipinski definition) is 18. The third-order valence-corrected chi connectivity index (χ3v) is 10.7. The molecule has 0 aromatic carbocycles. The van der Waals surface area contributed by atoms with E-state index in [0.717, 1.165) is 38.5 Å². The molecule has 0 saturated heterocycles. The van der Waals surface area contributed by atoms with Crippen LogP contribution in [0.1, 0.15) is 152 Å². The first kappa shape index (κ1) is 77.3. The van der Waals surface area contributed by atoms with Crippen molar-refractivity contribution in [3.63, 3.8) is 0 Å². The second kappa shape index (κ2) is 52.3. The molecule has 0 saturated carbocycles. The van der Waals surface area contributed by atoms with Crippen molar-refractivity contribution in [2.75, 3.05) is 75.6 Å². The smallest absolute Gasteiger partial charge is 0.408 e. The zero-order valence-electron chi connectivity index (χ0n) is 47.5. The molecule has 2 atom stereocenters. The molecule has 0 aliphatic rings. The molecule has 75 heavy (non-hydrogen) atoms. The maximum atomic E-state index is 11.6. The number of ketones is 3. The molecule has 25 nitrogen and oxygen atoms in total. The number of unbranched alkanes of at least 4 members (excludes halogenated alkanes) is 2. The summed E-state index contributed by atoms with van der Waals surface area (Å²) in [7, 11) is 7.74. The number of Topliss-reactive ketones (excluding diaryl/α,β-unsaturated/α-hetero) is 3. The van der Waals surface area contributed by atoms with Gasteiger partial charge >= 0.3 is 36.3 Å². The minimum atomic E-state index is -0.656. The summed E-state index contributed by atoms with van der Waals surface area (Å²) in [5.74, 6) is -1.01. The molecule has 6 N–H and O–H groups in total. The van der Waals surface area contributed by atoms with Gasteiger partial charge in [-0.2, -0.15) is 0 Å². The van der Waals surface area contributed by atoms with Gasteiger partial charge in [-0.15, -0.1) is 0 Å². The van der Waals surface area contributed by atoms with Crippen LogP contribution in [0.25, 0.3) is 0 Å². The summed E-state index contributed by atoms with van der Waals surface area (Å²) in [4.78, 5) is 133. The SMILES string of the molecule is CCC(=O)C(CC)C(=O)CC.CCC(=O)C(CCC(=O)OC)CNC(=O)OC.CCC(=O)N(CNC(=O)OC)CNC(=O)OC.CCC(CCCCCC(=O)OC)NC(=O)OC.CCC(CNC(C)=O)CNC(C)=O. The van der Waals surface area contributed by atoms with Crippen molar-refractivity contribution in [1.82, 2.24) is 36.8 Å². The second-order valence-electron chi connectivity index (χ2n) is 16.1. The van der Waals surface area contributed by atoms with Crippen LogP contribution >= 0.6 is 0 Å². The van der Waals surface area contributed by atoms with Crippen LogP contribution in [-0.4, -0.2) is 158 Å². The van der Waals surface area contributed by atoms with Gasteiger partial charge in [-0.25, -0.2) is 19.2 Å². The van der Waals surface area contributed by atoms with Crippen molar-refractivity contribution in [3.05, 3.63) is 0 Å². The Morgan fingerprint density at radius 3 is 1.23 bits per heavy atom. The average Bonchev–Trinajstić information content (AvgIpc) is 3.41. The molecule has 0 spiro atoms. The van der Waals surface area contributed by atoms with Gasteiger partial charge in [0.2, 0.25) is 17.7 Å². The lowest BCUT2D eigenvalue weighted by molar-refractivity contribution is -0.141. The molecule has 0 aliphatic heterocycles. The van der Waals surface area contributed by atoms with Crippen LogP contribution in [-0.2, 0) is 66.8 Å². The van der Waals surface area contributed by atoms with Crippen molar-refractivity contribution >= 4 is 71.4 Å². The fourth-order valence-corrected chi connectivity index (χ4v) is 5.87. The van der Waals surface area contributed by atoms with Crippen molar-refractivity contribution in [1.29, 1.82) is 0 Å². The molecule has 0 fully saturated rings. The highest BCUT2D eigenvalue weighted by Crippen LogP contribution is 2.12. The Morgan fingerprint density at radius 2 is 0.867 bits per heavy atom. The molecule has 0 aromatic heterocycles. The zero-order valence-corrected chi connectivity index (χ0v) is 47.5. The lowest BCUT2D eigenvalue weighted by Crippen LogP contribution is -2.46. The molecule has 2 unspecified atom stereocenters. The van der Waals surface area contributed by atoms with E-state index in [1.54, 1.807) is 27.7 Å². The number of nitrogens with zero attached hydrogens (tertiary/aromatic N) is 1. The van der Waals surface area contributed by atoms with Gasteiger partial charge in [0.15, 0.2) is 0 Å². The largest absolute Gasteiger partial charge is 0.469 e. The molecule has 0 aliphatic carbocycles. The van der Waals surface area contributed by atoms with E-state index in [2.05, 4.69) is 60.3 Å². The molecule has 0 heterocycles. The molecule has 25 heteroatoms. The second-order valence-corrected chi connectivity index (χ2v) is 16.1. The highest BCUT2D eigenvalue weighted by Gasteiger charge is 2.21. The summed E-state index contributed by atoms with van der Waals surface area (Å²) < 4.78 is 26.7.